The van der Waals surface area contributed by atoms with Gasteiger partial charge >= 0.3 is 12.4 Å². The summed E-state index contributed by atoms with van der Waals surface area (Å²) < 4.78 is 41.7. The van der Waals surface area contributed by atoms with Crippen LogP contribution in [0.5, 0.6) is 5.75 Å². The van der Waals surface area contributed by atoms with Gasteiger partial charge in [-0.25, -0.2) is 4.79 Å². The van der Waals surface area contributed by atoms with Gasteiger partial charge in [0.25, 0.3) is 0 Å². The lowest BCUT2D eigenvalue weighted by Gasteiger charge is -2.41. The molecule has 1 N–H and O–H groups in total. The second-order valence-corrected chi connectivity index (χ2v) is 9.76. The van der Waals surface area contributed by atoms with Crippen LogP contribution in [0.25, 0.3) is 0 Å². The highest BCUT2D eigenvalue weighted by Gasteiger charge is 2.32. The van der Waals surface area contributed by atoms with Crippen LogP contribution in [-0.4, -0.2) is 67.5 Å². The number of amides is 2. The van der Waals surface area contributed by atoms with Gasteiger partial charge in [-0.3, -0.25) is 4.90 Å². The normalized spacial score (nSPS) is 19.8. The maximum absolute atomic E-state index is 12.8. The van der Waals surface area contributed by atoms with Crippen molar-refractivity contribution in [2.75, 3.05) is 44.2 Å². The lowest BCUT2D eigenvalue weighted by Crippen LogP contribution is -2.56. The Morgan fingerprint density at radius 3 is 2.47 bits per heavy atom. The van der Waals surface area contributed by atoms with E-state index in [1.807, 2.05) is 22.8 Å². The monoisotopic (exact) mass is 504 g/mol. The van der Waals surface area contributed by atoms with E-state index >= 15 is 0 Å². The van der Waals surface area contributed by atoms with Gasteiger partial charge in [0.2, 0.25) is 0 Å². The summed E-state index contributed by atoms with van der Waals surface area (Å²) in [7, 11) is 0. The number of carbonyl (C=O) groups is 1. The number of piperazine rings is 1. The Hall–Kier alpha value is -2.94. The molecule has 2 aliphatic heterocycles. The van der Waals surface area contributed by atoms with Crippen LogP contribution in [0, 0.1) is 5.92 Å². The smallest absolute Gasteiger partial charge is 0.406 e. The number of halogens is 3. The van der Waals surface area contributed by atoms with E-state index in [4.69, 9.17) is 0 Å². The van der Waals surface area contributed by atoms with Crippen LogP contribution < -0.4 is 15.0 Å². The van der Waals surface area contributed by atoms with E-state index in [0.29, 0.717) is 37.8 Å². The van der Waals surface area contributed by atoms with E-state index in [1.54, 1.807) is 12.1 Å². The van der Waals surface area contributed by atoms with Crippen molar-refractivity contribution >= 4 is 11.7 Å². The standard InChI is InChI=1S/C27H35F3N4O2/c1-21-19-33(24-8-5-9-25(18-24)36-27(28,29)30)16-17-34(21)26(35)31-13-10-22-11-14-32(15-12-22)20-23-6-3-2-4-7-23/h2-9,18,21-22H,10-17,19-20H2,1H3,(H,31,35)/t21-/m1/s1. The number of ether oxygens (including phenoxy) is 1. The number of carbonyl (C=O) groups excluding carboxylic acids is 1. The van der Waals surface area contributed by atoms with E-state index < -0.39 is 6.36 Å². The van der Waals surface area contributed by atoms with Gasteiger partial charge < -0.3 is 19.9 Å². The van der Waals surface area contributed by atoms with Crippen LogP contribution >= 0.6 is 0 Å². The lowest BCUT2D eigenvalue weighted by molar-refractivity contribution is -0.274. The maximum Gasteiger partial charge on any atom is 0.573 e. The molecule has 0 spiro atoms. The second kappa shape index (κ2) is 11.9. The molecule has 4 rings (SSSR count). The van der Waals surface area contributed by atoms with Crippen LogP contribution in [0.4, 0.5) is 23.7 Å². The molecule has 2 amide bonds. The number of alkyl halides is 3. The Labute approximate surface area is 211 Å². The first-order valence-corrected chi connectivity index (χ1v) is 12.7. The topological polar surface area (TPSA) is 48.1 Å². The number of rotatable bonds is 7. The number of nitrogens with zero attached hydrogens (tertiary/aromatic N) is 3. The van der Waals surface area contributed by atoms with Crippen molar-refractivity contribution in [1.82, 2.24) is 15.1 Å². The van der Waals surface area contributed by atoms with Gasteiger partial charge in [-0.15, -0.1) is 13.2 Å². The SMILES string of the molecule is C[C@@H]1CN(c2cccc(OC(F)(F)F)c2)CCN1C(=O)NCCC1CCN(Cc2ccccc2)CC1. The van der Waals surface area contributed by atoms with Crippen molar-refractivity contribution in [2.45, 2.75) is 45.1 Å². The highest BCUT2D eigenvalue weighted by molar-refractivity contribution is 5.75. The molecule has 9 heteroatoms. The average Bonchev–Trinajstić information content (AvgIpc) is 2.85. The van der Waals surface area contributed by atoms with Crippen LogP contribution in [-0.2, 0) is 6.54 Å². The molecule has 0 aromatic heterocycles. The largest absolute Gasteiger partial charge is 0.573 e. The Morgan fingerprint density at radius 2 is 1.78 bits per heavy atom. The van der Waals surface area contributed by atoms with Crippen molar-refractivity contribution in [3.63, 3.8) is 0 Å². The molecule has 0 saturated carbocycles. The van der Waals surface area contributed by atoms with E-state index in [2.05, 4.69) is 39.2 Å². The Morgan fingerprint density at radius 1 is 1.03 bits per heavy atom. The van der Waals surface area contributed by atoms with Crippen molar-refractivity contribution in [3.05, 3.63) is 60.2 Å². The Balaban J connectivity index is 1.17. The quantitative estimate of drug-likeness (QED) is 0.570. The van der Waals surface area contributed by atoms with E-state index in [9.17, 15) is 18.0 Å². The molecule has 196 valence electrons. The predicted molar refractivity (Wildman–Crippen MR) is 134 cm³/mol. The molecule has 2 heterocycles. The number of urea groups is 1. The number of anilines is 1. The van der Waals surface area contributed by atoms with Crippen LogP contribution in [0.1, 0.15) is 31.7 Å². The molecule has 2 fully saturated rings. The molecule has 2 aromatic carbocycles. The highest BCUT2D eigenvalue weighted by Crippen LogP contribution is 2.28. The molecule has 0 unspecified atom stereocenters. The molecular weight excluding hydrogens is 469 g/mol. The van der Waals surface area contributed by atoms with Crippen molar-refractivity contribution < 1.29 is 22.7 Å². The summed E-state index contributed by atoms with van der Waals surface area (Å²) in [5.41, 5.74) is 2.00. The van der Waals surface area contributed by atoms with Gasteiger partial charge in [0.1, 0.15) is 5.75 Å². The van der Waals surface area contributed by atoms with Crippen LogP contribution in [0.3, 0.4) is 0 Å². The fourth-order valence-electron chi connectivity index (χ4n) is 5.13. The Kier molecular flexibility index (Phi) is 8.61. The summed E-state index contributed by atoms with van der Waals surface area (Å²) in [5.74, 6) is 0.386. The minimum atomic E-state index is -4.72. The average molecular weight is 505 g/mol. The summed E-state index contributed by atoms with van der Waals surface area (Å²) in [6, 6.07) is 16.4. The molecule has 2 saturated heterocycles. The number of benzene rings is 2. The first-order chi connectivity index (χ1) is 17.3. The molecule has 2 aromatic rings. The summed E-state index contributed by atoms with van der Waals surface area (Å²) in [6.07, 6.45) is -1.45. The first-order valence-electron chi connectivity index (χ1n) is 12.7. The van der Waals surface area contributed by atoms with Gasteiger partial charge in [0.15, 0.2) is 0 Å². The molecule has 0 bridgehead atoms. The summed E-state index contributed by atoms with van der Waals surface area (Å²) >= 11 is 0. The van der Waals surface area contributed by atoms with Gasteiger partial charge in [0.05, 0.1) is 0 Å². The number of piperidine rings is 1. The molecule has 36 heavy (non-hydrogen) atoms. The lowest BCUT2D eigenvalue weighted by atomic mass is 9.93. The van der Waals surface area contributed by atoms with E-state index in [0.717, 1.165) is 38.9 Å². The molecule has 6 nitrogen and oxygen atoms in total. The highest BCUT2D eigenvalue weighted by atomic mass is 19.4. The van der Waals surface area contributed by atoms with Crippen molar-refractivity contribution in [1.29, 1.82) is 0 Å². The third-order valence-corrected chi connectivity index (χ3v) is 7.09. The number of hydrogen-bond acceptors (Lipinski definition) is 4. The number of likely N-dealkylation sites (tertiary alicyclic amines) is 1. The fraction of sp³-hybridized carbons (Fsp3) is 0.519. The van der Waals surface area contributed by atoms with Crippen molar-refractivity contribution in [2.24, 2.45) is 5.92 Å². The third-order valence-electron chi connectivity index (χ3n) is 7.09. The van der Waals surface area contributed by atoms with Gasteiger partial charge in [-0.1, -0.05) is 36.4 Å². The fourth-order valence-corrected chi connectivity index (χ4v) is 5.13. The molecule has 1 atom stereocenters. The van der Waals surface area contributed by atoms with E-state index in [1.165, 1.54) is 17.7 Å². The van der Waals surface area contributed by atoms with Crippen molar-refractivity contribution in [3.8, 4) is 5.75 Å². The van der Waals surface area contributed by atoms with E-state index in [-0.39, 0.29) is 17.8 Å². The Bertz CT molecular complexity index is 980. The predicted octanol–water partition coefficient (Wildman–Crippen LogP) is 5.11. The minimum absolute atomic E-state index is 0.0628. The molecule has 2 aliphatic rings. The van der Waals surface area contributed by atoms with Gasteiger partial charge in [0, 0.05) is 50.5 Å². The summed E-state index contributed by atoms with van der Waals surface area (Å²) in [5, 5.41) is 3.08. The minimum Gasteiger partial charge on any atom is -0.406 e. The second-order valence-electron chi connectivity index (χ2n) is 9.76. The molecule has 0 radical (unpaired) electrons. The maximum atomic E-state index is 12.8. The zero-order chi connectivity index (χ0) is 25.5. The third kappa shape index (κ3) is 7.53. The summed E-state index contributed by atoms with van der Waals surface area (Å²) in [4.78, 5) is 19.1. The molecule has 0 aliphatic carbocycles. The zero-order valence-corrected chi connectivity index (χ0v) is 20.7. The molecular formula is C27H35F3N4O2. The van der Waals surface area contributed by atoms with Gasteiger partial charge in [-0.2, -0.15) is 0 Å². The number of nitrogens with one attached hydrogen (secondary N) is 1. The first kappa shape index (κ1) is 26.1. The zero-order valence-electron chi connectivity index (χ0n) is 20.7. The van der Waals surface area contributed by atoms with Gasteiger partial charge in [-0.05, 0) is 62.9 Å². The number of hydrogen-bond donors (Lipinski definition) is 1. The summed E-state index contributed by atoms with van der Waals surface area (Å²) in [6.45, 7) is 7.39. The van der Waals surface area contributed by atoms with Crippen LogP contribution in [0.15, 0.2) is 54.6 Å². The van der Waals surface area contributed by atoms with Crippen LogP contribution in [0.2, 0.25) is 0 Å².